The number of rotatable bonds is 6. The van der Waals surface area contributed by atoms with Gasteiger partial charge in [-0.1, -0.05) is 18.2 Å². The largest absolute Gasteiger partial charge is 0.496 e. The summed E-state index contributed by atoms with van der Waals surface area (Å²) in [5, 5.41) is 14.9. The molecule has 0 unspecified atom stereocenters. The molecule has 8 heteroatoms. The van der Waals surface area contributed by atoms with Crippen molar-refractivity contribution in [2.45, 2.75) is 19.9 Å². The van der Waals surface area contributed by atoms with Gasteiger partial charge >= 0.3 is 0 Å². The van der Waals surface area contributed by atoms with Crippen molar-refractivity contribution >= 4 is 11.7 Å². The number of carbonyl (C=O) groups is 1. The number of hydrogen-bond acceptors (Lipinski definition) is 5. The van der Waals surface area contributed by atoms with Crippen molar-refractivity contribution in [3.05, 3.63) is 42.6 Å². The first kappa shape index (κ1) is 16.7. The SMILES string of the molecule is COc1ccccc1-c1c(C)nn(C)c1NC(=O)CCn1cnnc1. The molecule has 3 aromatic rings. The molecular formula is C17H20N6O2. The second-order valence-electron chi connectivity index (χ2n) is 5.63. The molecule has 0 spiro atoms. The third-order valence-electron chi connectivity index (χ3n) is 3.92. The van der Waals surface area contributed by atoms with E-state index in [9.17, 15) is 4.79 Å². The maximum Gasteiger partial charge on any atom is 0.227 e. The Labute approximate surface area is 145 Å². The summed E-state index contributed by atoms with van der Waals surface area (Å²) in [6.45, 7) is 2.42. The Morgan fingerprint density at radius 3 is 2.68 bits per heavy atom. The summed E-state index contributed by atoms with van der Waals surface area (Å²) < 4.78 is 8.89. The molecule has 1 amide bonds. The summed E-state index contributed by atoms with van der Waals surface area (Å²) in [6, 6.07) is 7.68. The molecule has 0 saturated carbocycles. The van der Waals surface area contributed by atoms with Crippen molar-refractivity contribution in [2.75, 3.05) is 12.4 Å². The minimum absolute atomic E-state index is 0.104. The minimum Gasteiger partial charge on any atom is -0.496 e. The molecule has 8 nitrogen and oxygen atoms in total. The van der Waals surface area contributed by atoms with Crippen LogP contribution in [0.4, 0.5) is 5.82 Å². The van der Waals surface area contributed by atoms with Crippen LogP contribution in [0.1, 0.15) is 12.1 Å². The molecule has 0 atom stereocenters. The topological polar surface area (TPSA) is 86.9 Å². The first-order valence-electron chi connectivity index (χ1n) is 7.89. The fraction of sp³-hybridized carbons (Fsp3) is 0.294. The molecular weight excluding hydrogens is 320 g/mol. The van der Waals surface area contributed by atoms with Gasteiger partial charge in [0.15, 0.2) is 0 Å². The lowest BCUT2D eigenvalue weighted by Gasteiger charge is -2.12. The van der Waals surface area contributed by atoms with Gasteiger partial charge in [0.2, 0.25) is 5.91 Å². The summed E-state index contributed by atoms with van der Waals surface area (Å²) in [7, 11) is 3.43. The van der Waals surface area contributed by atoms with Gasteiger partial charge in [0.05, 0.1) is 18.4 Å². The van der Waals surface area contributed by atoms with Crippen LogP contribution >= 0.6 is 0 Å². The van der Waals surface area contributed by atoms with Gasteiger partial charge in [0.1, 0.15) is 24.2 Å². The summed E-state index contributed by atoms with van der Waals surface area (Å²) in [6.07, 6.45) is 3.48. The van der Waals surface area contributed by atoms with Crippen LogP contribution in [-0.2, 0) is 18.4 Å². The highest BCUT2D eigenvalue weighted by atomic mass is 16.5. The summed E-state index contributed by atoms with van der Waals surface area (Å²) in [5.41, 5.74) is 2.57. The fourth-order valence-corrected chi connectivity index (χ4v) is 2.74. The predicted octanol–water partition coefficient (Wildman–Crippen LogP) is 2.02. The van der Waals surface area contributed by atoms with Crippen LogP contribution < -0.4 is 10.1 Å². The molecule has 0 fully saturated rings. The lowest BCUT2D eigenvalue weighted by atomic mass is 10.0. The third kappa shape index (κ3) is 3.52. The molecule has 2 aromatic heterocycles. The van der Waals surface area contributed by atoms with Crippen molar-refractivity contribution < 1.29 is 9.53 Å². The van der Waals surface area contributed by atoms with Gasteiger partial charge in [-0.3, -0.25) is 9.48 Å². The minimum atomic E-state index is -0.104. The number of amides is 1. The average molecular weight is 340 g/mol. The summed E-state index contributed by atoms with van der Waals surface area (Å²) >= 11 is 0. The van der Waals surface area contributed by atoms with Crippen LogP contribution in [0, 0.1) is 6.92 Å². The van der Waals surface area contributed by atoms with Crippen molar-refractivity contribution in [3.63, 3.8) is 0 Å². The number of benzene rings is 1. The highest BCUT2D eigenvalue weighted by molar-refractivity contribution is 5.95. The number of hydrogen-bond donors (Lipinski definition) is 1. The Morgan fingerprint density at radius 1 is 1.24 bits per heavy atom. The molecule has 1 N–H and O–H groups in total. The van der Waals surface area contributed by atoms with E-state index in [0.717, 1.165) is 22.6 Å². The number of anilines is 1. The molecule has 0 aliphatic carbocycles. The molecule has 0 radical (unpaired) electrons. The monoisotopic (exact) mass is 340 g/mol. The molecule has 0 aliphatic rings. The van der Waals surface area contributed by atoms with Crippen LogP contribution in [0.25, 0.3) is 11.1 Å². The number of nitrogens with one attached hydrogen (secondary N) is 1. The van der Waals surface area contributed by atoms with Crippen molar-refractivity contribution in [1.29, 1.82) is 0 Å². The van der Waals surface area contributed by atoms with Crippen LogP contribution in [0.3, 0.4) is 0 Å². The van der Waals surface area contributed by atoms with E-state index >= 15 is 0 Å². The number of para-hydroxylation sites is 1. The summed E-state index contributed by atoms with van der Waals surface area (Å²) in [4.78, 5) is 12.4. The zero-order chi connectivity index (χ0) is 17.8. The van der Waals surface area contributed by atoms with E-state index in [-0.39, 0.29) is 5.91 Å². The number of ether oxygens (including phenoxy) is 1. The number of nitrogens with zero attached hydrogens (tertiary/aromatic N) is 5. The number of methoxy groups -OCH3 is 1. The van der Waals surface area contributed by atoms with Crippen molar-refractivity contribution in [3.8, 4) is 16.9 Å². The Morgan fingerprint density at radius 2 is 1.96 bits per heavy atom. The van der Waals surface area contributed by atoms with Crippen LogP contribution in [0.2, 0.25) is 0 Å². The van der Waals surface area contributed by atoms with Crippen molar-refractivity contribution in [1.82, 2.24) is 24.5 Å². The van der Waals surface area contributed by atoms with Gasteiger partial charge in [0, 0.05) is 25.6 Å². The molecule has 0 bridgehead atoms. The second kappa shape index (κ2) is 7.16. The normalized spacial score (nSPS) is 10.7. The maximum atomic E-state index is 12.4. The number of carbonyl (C=O) groups excluding carboxylic acids is 1. The van der Waals surface area contributed by atoms with Gasteiger partial charge in [-0.25, -0.2) is 0 Å². The predicted molar refractivity (Wildman–Crippen MR) is 93.2 cm³/mol. The Hall–Kier alpha value is -3.16. The Bertz CT molecular complexity index is 869. The Balaban J connectivity index is 1.85. The van der Waals surface area contributed by atoms with Gasteiger partial charge in [-0.2, -0.15) is 5.10 Å². The van der Waals surface area contributed by atoms with E-state index < -0.39 is 0 Å². The van der Waals surface area contributed by atoms with Gasteiger partial charge in [-0.05, 0) is 13.0 Å². The zero-order valence-electron chi connectivity index (χ0n) is 14.4. The third-order valence-corrected chi connectivity index (χ3v) is 3.92. The maximum absolute atomic E-state index is 12.4. The van der Waals surface area contributed by atoms with Gasteiger partial charge in [-0.15, -0.1) is 10.2 Å². The van der Waals surface area contributed by atoms with Crippen LogP contribution in [-0.4, -0.2) is 37.6 Å². The molecule has 3 rings (SSSR count). The molecule has 0 aliphatic heterocycles. The molecule has 130 valence electrons. The first-order valence-corrected chi connectivity index (χ1v) is 7.89. The van der Waals surface area contributed by atoms with Crippen LogP contribution in [0.5, 0.6) is 5.75 Å². The number of aromatic nitrogens is 5. The highest BCUT2D eigenvalue weighted by Crippen LogP contribution is 2.37. The van der Waals surface area contributed by atoms with Gasteiger partial charge in [0.25, 0.3) is 0 Å². The van der Waals surface area contributed by atoms with E-state index in [4.69, 9.17) is 4.74 Å². The number of aryl methyl sites for hydroxylation is 3. The smallest absolute Gasteiger partial charge is 0.227 e. The average Bonchev–Trinajstić information content (AvgIpc) is 3.21. The Kier molecular flexibility index (Phi) is 4.78. The van der Waals surface area contributed by atoms with Gasteiger partial charge < -0.3 is 14.6 Å². The van der Waals surface area contributed by atoms with E-state index in [0.29, 0.717) is 18.8 Å². The zero-order valence-corrected chi connectivity index (χ0v) is 14.4. The van der Waals surface area contributed by atoms with E-state index in [1.54, 1.807) is 36.1 Å². The lowest BCUT2D eigenvalue weighted by Crippen LogP contribution is -2.16. The van der Waals surface area contributed by atoms with Crippen molar-refractivity contribution in [2.24, 2.45) is 7.05 Å². The lowest BCUT2D eigenvalue weighted by molar-refractivity contribution is -0.116. The first-order chi connectivity index (χ1) is 12.1. The van der Waals surface area contributed by atoms with E-state index in [1.807, 2.05) is 31.2 Å². The van der Waals surface area contributed by atoms with E-state index in [2.05, 4.69) is 20.6 Å². The fourth-order valence-electron chi connectivity index (χ4n) is 2.74. The highest BCUT2D eigenvalue weighted by Gasteiger charge is 2.19. The van der Waals surface area contributed by atoms with E-state index in [1.165, 1.54) is 0 Å². The standard InChI is InChI=1S/C17H20N6O2/c1-12-16(13-6-4-5-7-14(13)25-3)17(22(2)21-12)20-15(24)8-9-23-10-18-19-11-23/h4-7,10-11H,8-9H2,1-3H3,(H,20,24). The van der Waals surface area contributed by atoms with Crippen LogP contribution in [0.15, 0.2) is 36.9 Å². The quantitative estimate of drug-likeness (QED) is 0.742. The molecule has 25 heavy (non-hydrogen) atoms. The molecule has 1 aromatic carbocycles. The second-order valence-corrected chi connectivity index (χ2v) is 5.63. The molecule has 2 heterocycles. The molecule has 0 saturated heterocycles. The summed E-state index contributed by atoms with van der Waals surface area (Å²) in [5.74, 6) is 1.28.